The number of aromatic nitrogens is 1. The Labute approximate surface area is 440 Å². The van der Waals surface area contributed by atoms with E-state index < -0.39 is 6.04 Å². The summed E-state index contributed by atoms with van der Waals surface area (Å²) in [7, 11) is 5.55. The van der Waals surface area contributed by atoms with Crippen molar-refractivity contribution < 1.29 is 33.3 Å². The SMILES string of the molecule is CCN(CCc1ccc(OCCOCCOCCOc2cc(Nc3cc(-c4cc(C#N)ccc4OC)ccn3)ccc2N2CCN(C)CC2)cc1)CCC1CCN(C(=O)[C@@H](NC(=O)[C@H](C)NC)C2CCCCC2)C1. The van der Waals surface area contributed by atoms with Crippen LogP contribution < -0.4 is 35.1 Å². The van der Waals surface area contributed by atoms with Gasteiger partial charge in [-0.15, -0.1) is 0 Å². The molecule has 2 amide bonds. The molecule has 0 spiro atoms. The molecule has 74 heavy (non-hydrogen) atoms. The smallest absolute Gasteiger partial charge is 0.245 e. The zero-order valence-corrected chi connectivity index (χ0v) is 44.6. The van der Waals surface area contributed by atoms with Gasteiger partial charge in [0.2, 0.25) is 11.8 Å². The summed E-state index contributed by atoms with van der Waals surface area (Å²) in [6.07, 6.45) is 10.2. The average molecular weight is 1020 g/mol. The Bertz CT molecular complexity index is 2400. The molecule has 3 heterocycles. The van der Waals surface area contributed by atoms with Crippen molar-refractivity contribution in [1.82, 2.24) is 30.3 Å². The number of anilines is 3. The minimum atomic E-state index is -0.424. The summed E-state index contributed by atoms with van der Waals surface area (Å²) in [5.74, 6) is 3.64. The van der Waals surface area contributed by atoms with Gasteiger partial charge in [-0.2, -0.15) is 5.26 Å². The summed E-state index contributed by atoms with van der Waals surface area (Å²) in [6, 6.07) is 25.2. The van der Waals surface area contributed by atoms with Crippen LogP contribution in [0.2, 0.25) is 0 Å². The maximum absolute atomic E-state index is 13.9. The van der Waals surface area contributed by atoms with E-state index in [1.165, 1.54) is 12.0 Å². The molecule has 400 valence electrons. The maximum atomic E-state index is 13.9. The van der Waals surface area contributed by atoms with Crippen molar-refractivity contribution in [1.29, 1.82) is 5.26 Å². The average Bonchev–Trinajstić information content (AvgIpc) is 3.92. The van der Waals surface area contributed by atoms with Gasteiger partial charge >= 0.3 is 0 Å². The fraction of sp³-hybridized carbons (Fsp3) is 0.552. The zero-order valence-electron chi connectivity index (χ0n) is 44.6. The lowest BCUT2D eigenvalue weighted by Gasteiger charge is -2.35. The lowest BCUT2D eigenvalue weighted by molar-refractivity contribution is -0.138. The first kappa shape index (κ1) is 55.8. The van der Waals surface area contributed by atoms with E-state index in [4.69, 9.17) is 23.7 Å². The molecule has 7 rings (SSSR count). The highest BCUT2D eigenvalue weighted by molar-refractivity contribution is 5.90. The van der Waals surface area contributed by atoms with Gasteiger partial charge in [-0.25, -0.2) is 4.98 Å². The van der Waals surface area contributed by atoms with Crippen molar-refractivity contribution >= 4 is 29.0 Å². The molecule has 3 atom stereocenters. The van der Waals surface area contributed by atoms with Crippen LogP contribution >= 0.6 is 0 Å². The lowest BCUT2D eigenvalue weighted by Crippen LogP contribution is -2.55. The number of ether oxygens (including phenoxy) is 5. The second-order valence-corrected chi connectivity index (χ2v) is 19.9. The number of piperazine rings is 1. The van der Waals surface area contributed by atoms with E-state index in [1.807, 2.05) is 60.4 Å². The van der Waals surface area contributed by atoms with Gasteiger partial charge in [0.15, 0.2) is 0 Å². The fourth-order valence-electron chi connectivity index (χ4n) is 10.1. The van der Waals surface area contributed by atoms with Gasteiger partial charge in [0, 0.05) is 69.3 Å². The van der Waals surface area contributed by atoms with Crippen molar-refractivity contribution in [3.8, 4) is 34.4 Å². The number of methoxy groups -OCH3 is 1. The number of hydrogen-bond donors (Lipinski definition) is 3. The van der Waals surface area contributed by atoms with Gasteiger partial charge in [-0.1, -0.05) is 38.3 Å². The molecule has 1 aliphatic carbocycles. The fourth-order valence-corrected chi connectivity index (χ4v) is 10.1. The molecule has 2 saturated heterocycles. The monoisotopic (exact) mass is 1020 g/mol. The van der Waals surface area contributed by atoms with Crippen LogP contribution in [0.3, 0.4) is 0 Å². The first-order valence-electron chi connectivity index (χ1n) is 27.0. The van der Waals surface area contributed by atoms with Gasteiger partial charge in [0.1, 0.15) is 42.3 Å². The van der Waals surface area contributed by atoms with Crippen molar-refractivity contribution in [3.05, 3.63) is 90.1 Å². The van der Waals surface area contributed by atoms with Crippen LogP contribution in [0.5, 0.6) is 17.2 Å². The number of amides is 2. The van der Waals surface area contributed by atoms with Gasteiger partial charge in [0.05, 0.1) is 56.9 Å². The number of nitriles is 1. The van der Waals surface area contributed by atoms with Crippen LogP contribution in [0.4, 0.5) is 17.2 Å². The summed E-state index contributed by atoms with van der Waals surface area (Å²) in [6.45, 7) is 14.9. The molecular formula is C58H81N9O7. The molecule has 3 fully saturated rings. The van der Waals surface area contributed by atoms with E-state index in [0.717, 1.165) is 138 Å². The Morgan fingerprint density at radius 2 is 1.58 bits per heavy atom. The second kappa shape index (κ2) is 29.2. The van der Waals surface area contributed by atoms with Crippen LogP contribution in [0.1, 0.15) is 69.9 Å². The summed E-state index contributed by atoms with van der Waals surface area (Å²) < 4.78 is 29.7. The van der Waals surface area contributed by atoms with E-state index in [9.17, 15) is 14.9 Å². The molecule has 16 nitrogen and oxygen atoms in total. The van der Waals surface area contributed by atoms with Crippen molar-refractivity contribution in [3.63, 3.8) is 0 Å². The summed E-state index contributed by atoms with van der Waals surface area (Å²) in [5, 5.41) is 19.1. The molecular weight excluding hydrogens is 935 g/mol. The number of pyridine rings is 1. The van der Waals surface area contributed by atoms with Crippen LogP contribution in [-0.2, 0) is 25.5 Å². The largest absolute Gasteiger partial charge is 0.496 e. The molecule has 1 saturated carbocycles. The first-order chi connectivity index (χ1) is 36.1. The highest BCUT2D eigenvalue weighted by Gasteiger charge is 2.37. The molecule has 3 aromatic carbocycles. The number of benzene rings is 3. The van der Waals surface area contributed by atoms with Crippen molar-refractivity contribution in [2.75, 3.05) is 130 Å². The van der Waals surface area contributed by atoms with Crippen LogP contribution in [0.25, 0.3) is 11.1 Å². The highest BCUT2D eigenvalue weighted by atomic mass is 16.6. The van der Waals surface area contributed by atoms with E-state index in [-0.39, 0.29) is 23.8 Å². The Hall–Kier alpha value is -5.96. The lowest BCUT2D eigenvalue weighted by atomic mass is 9.83. The van der Waals surface area contributed by atoms with Gasteiger partial charge in [-0.3, -0.25) is 9.59 Å². The summed E-state index contributed by atoms with van der Waals surface area (Å²) >= 11 is 0. The van der Waals surface area contributed by atoms with Gasteiger partial charge in [0.25, 0.3) is 0 Å². The third-order valence-corrected chi connectivity index (χ3v) is 14.9. The molecule has 3 aliphatic rings. The minimum Gasteiger partial charge on any atom is -0.496 e. The predicted octanol–water partition coefficient (Wildman–Crippen LogP) is 7.39. The van der Waals surface area contributed by atoms with Crippen molar-refractivity contribution in [2.45, 2.75) is 77.3 Å². The first-order valence-corrected chi connectivity index (χ1v) is 27.0. The third kappa shape index (κ3) is 16.5. The Kier molecular flexibility index (Phi) is 22.0. The number of hydrogen-bond acceptors (Lipinski definition) is 14. The van der Waals surface area contributed by atoms with Gasteiger partial charge in [-0.05, 0) is 144 Å². The summed E-state index contributed by atoms with van der Waals surface area (Å²) in [5.41, 5.74) is 5.41. The maximum Gasteiger partial charge on any atom is 0.245 e. The highest BCUT2D eigenvalue weighted by Crippen LogP contribution is 2.36. The topological polar surface area (TPSA) is 166 Å². The van der Waals surface area contributed by atoms with E-state index >= 15 is 0 Å². The predicted molar refractivity (Wildman–Crippen MR) is 292 cm³/mol. The Morgan fingerprint density at radius 3 is 2.30 bits per heavy atom. The molecule has 0 radical (unpaired) electrons. The number of likely N-dealkylation sites (N-methyl/N-ethyl adjacent to an activating group) is 3. The summed E-state index contributed by atoms with van der Waals surface area (Å²) in [4.78, 5) is 40.5. The van der Waals surface area contributed by atoms with Crippen molar-refractivity contribution in [2.24, 2.45) is 11.8 Å². The number of nitrogens with zero attached hydrogens (tertiary/aromatic N) is 6. The number of carbonyl (C=O) groups excluding carboxylic acids is 2. The standard InChI is InChI=1S/C58H81N9O7/c1-6-65(26-22-45-23-27-67(42-45)58(69)56(47-10-8-7-9-11-47)63-57(68)43(2)60-3)25-21-44-12-16-50(17-13-44)73-36-34-71-32-33-72-35-37-74-54-40-49(15-18-52(54)66-30-28-64(4)29-31-66)62-55-39-48(20-24-61-55)51-38-46(41-59)14-19-53(51)70-5/h12-20,24,38-40,43,45,47,56,60H,6-11,21-23,25-37,42H2,1-5H3,(H,61,62)(H,63,68)/t43-,45?,56-/m0/s1. The molecule has 2 aliphatic heterocycles. The van der Waals surface area contributed by atoms with Crippen LogP contribution in [0, 0.1) is 23.2 Å². The Balaban J connectivity index is 0.778. The molecule has 1 aromatic heterocycles. The van der Waals surface area contributed by atoms with Crippen LogP contribution in [0.15, 0.2) is 79.0 Å². The molecule has 16 heteroatoms. The molecule has 0 bridgehead atoms. The quantitative estimate of drug-likeness (QED) is 0.0482. The Morgan fingerprint density at radius 1 is 0.838 bits per heavy atom. The number of nitrogens with one attached hydrogen (secondary N) is 3. The normalized spacial score (nSPS) is 17.2. The van der Waals surface area contributed by atoms with Crippen LogP contribution in [-0.4, -0.2) is 163 Å². The second-order valence-electron chi connectivity index (χ2n) is 19.9. The number of rotatable bonds is 28. The van der Waals surface area contributed by atoms with E-state index in [2.05, 4.69) is 73.9 Å². The molecule has 4 aromatic rings. The number of likely N-dealkylation sites (tertiary alicyclic amines) is 1. The van der Waals surface area contributed by atoms with E-state index in [0.29, 0.717) is 62.7 Å². The minimum absolute atomic E-state index is 0.0944. The third-order valence-electron chi connectivity index (χ3n) is 14.9. The van der Waals surface area contributed by atoms with E-state index in [1.54, 1.807) is 26.4 Å². The molecule has 1 unspecified atom stereocenters. The number of carbonyl (C=O) groups is 2. The van der Waals surface area contributed by atoms with Gasteiger partial charge < -0.3 is 59.2 Å². The molecule has 3 N–H and O–H groups in total. The zero-order chi connectivity index (χ0) is 52.1.